The van der Waals surface area contributed by atoms with Crippen LogP contribution in [0.1, 0.15) is 33.6 Å². The molecule has 0 radical (unpaired) electrons. The van der Waals surface area contributed by atoms with Crippen molar-refractivity contribution in [2.45, 2.75) is 39.2 Å². The lowest BCUT2D eigenvalue weighted by Crippen LogP contribution is -2.39. The van der Waals surface area contributed by atoms with E-state index in [4.69, 9.17) is 4.74 Å². The molecule has 0 aromatic carbocycles. The molecule has 5 heteroatoms. The summed E-state index contributed by atoms with van der Waals surface area (Å²) in [5, 5.41) is 0. The van der Waals surface area contributed by atoms with Gasteiger partial charge in [-0.05, 0) is 74.9 Å². The summed E-state index contributed by atoms with van der Waals surface area (Å²) in [7, 11) is 8.18. The minimum atomic E-state index is -0.432. The molecule has 20 heavy (non-hydrogen) atoms. The van der Waals surface area contributed by atoms with Gasteiger partial charge >= 0.3 is 6.09 Å². The zero-order chi connectivity index (χ0) is 15.8. The van der Waals surface area contributed by atoms with Gasteiger partial charge in [0.15, 0.2) is 0 Å². The fourth-order valence-corrected chi connectivity index (χ4v) is 1.78. The van der Waals surface area contributed by atoms with Crippen molar-refractivity contribution in [2.75, 3.05) is 54.4 Å². The maximum atomic E-state index is 12.2. The maximum Gasteiger partial charge on any atom is 0.410 e. The van der Waals surface area contributed by atoms with E-state index in [0.717, 1.165) is 39.0 Å². The molecule has 0 heterocycles. The summed E-state index contributed by atoms with van der Waals surface area (Å²) in [6.45, 7) is 9.18. The lowest BCUT2D eigenvalue weighted by molar-refractivity contribution is 0.0239. The van der Waals surface area contributed by atoms with Gasteiger partial charge in [-0.1, -0.05) is 0 Å². The molecule has 0 saturated heterocycles. The van der Waals surface area contributed by atoms with E-state index in [1.165, 1.54) is 0 Å². The van der Waals surface area contributed by atoms with Crippen LogP contribution in [0.5, 0.6) is 0 Å². The highest BCUT2D eigenvalue weighted by Gasteiger charge is 2.21. The third-order valence-electron chi connectivity index (χ3n) is 2.72. The minimum Gasteiger partial charge on any atom is -0.444 e. The Morgan fingerprint density at radius 1 is 0.850 bits per heavy atom. The Hall–Kier alpha value is -0.810. The van der Waals surface area contributed by atoms with Crippen molar-refractivity contribution < 1.29 is 9.53 Å². The largest absolute Gasteiger partial charge is 0.444 e. The maximum absolute atomic E-state index is 12.2. The summed E-state index contributed by atoms with van der Waals surface area (Å²) in [6, 6.07) is 0. The Balaban J connectivity index is 4.33. The second-order valence-electron chi connectivity index (χ2n) is 6.78. The molecule has 0 fully saturated rings. The summed E-state index contributed by atoms with van der Waals surface area (Å²) < 4.78 is 5.47. The Labute approximate surface area is 124 Å². The fraction of sp³-hybridized carbons (Fsp3) is 0.933. The molecule has 120 valence electrons. The molecule has 0 aliphatic carbocycles. The van der Waals surface area contributed by atoms with E-state index >= 15 is 0 Å². The summed E-state index contributed by atoms with van der Waals surface area (Å²) in [6.07, 6.45) is 1.73. The van der Waals surface area contributed by atoms with Crippen LogP contribution in [-0.2, 0) is 4.74 Å². The van der Waals surface area contributed by atoms with E-state index < -0.39 is 5.60 Å². The smallest absolute Gasteiger partial charge is 0.410 e. The molecule has 0 aliphatic heterocycles. The zero-order valence-electron chi connectivity index (χ0n) is 14.4. The summed E-state index contributed by atoms with van der Waals surface area (Å²) in [5.41, 5.74) is -0.432. The van der Waals surface area contributed by atoms with Gasteiger partial charge in [-0.25, -0.2) is 4.79 Å². The third kappa shape index (κ3) is 11.1. The number of carbonyl (C=O) groups is 1. The molecular weight excluding hydrogens is 253 g/mol. The Morgan fingerprint density at radius 3 is 1.55 bits per heavy atom. The van der Waals surface area contributed by atoms with Crippen LogP contribution >= 0.6 is 0 Å². The highest BCUT2D eigenvalue weighted by atomic mass is 16.5. The summed E-state index contributed by atoms with van der Waals surface area (Å²) in [5.74, 6) is 0. The number of rotatable bonds is 8. The van der Waals surface area contributed by atoms with E-state index in [1.807, 2.05) is 53.9 Å². The van der Waals surface area contributed by atoms with Gasteiger partial charge < -0.3 is 19.4 Å². The molecule has 0 unspecified atom stereocenters. The predicted molar refractivity (Wildman–Crippen MR) is 84.1 cm³/mol. The summed E-state index contributed by atoms with van der Waals surface area (Å²) >= 11 is 0. The van der Waals surface area contributed by atoms with Gasteiger partial charge in [-0.2, -0.15) is 0 Å². The van der Waals surface area contributed by atoms with Gasteiger partial charge in [0, 0.05) is 13.1 Å². The lowest BCUT2D eigenvalue weighted by atomic mass is 10.2. The molecule has 0 N–H and O–H groups in total. The number of hydrogen-bond donors (Lipinski definition) is 0. The highest BCUT2D eigenvalue weighted by Crippen LogP contribution is 2.10. The minimum absolute atomic E-state index is 0.199. The second-order valence-corrected chi connectivity index (χ2v) is 6.78. The zero-order valence-corrected chi connectivity index (χ0v) is 14.4. The fourth-order valence-electron chi connectivity index (χ4n) is 1.78. The average Bonchev–Trinajstić information content (AvgIpc) is 2.23. The standard InChI is InChI=1S/C15H33N3O2/c1-15(2,3)20-14(19)18(12-8-10-16(4)5)13-9-11-17(6)7/h8-13H2,1-7H3/i19-1. The van der Waals surface area contributed by atoms with Crippen LogP contribution in [0.2, 0.25) is 0 Å². The van der Waals surface area contributed by atoms with Crippen molar-refractivity contribution in [1.82, 2.24) is 14.7 Å². The number of amides is 1. The topological polar surface area (TPSA) is 36.0 Å². The van der Waals surface area contributed by atoms with Gasteiger partial charge in [0.25, 0.3) is 0 Å². The first-order chi connectivity index (χ1) is 9.11. The molecule has 0 saturated carbocycles. The molecule has 0 aliphatic rings. The van der Waals surface area contributed by atoms with Crippen LogP contribution in [0, 0.1) is 0 Å². The van der Waals surface area contributed by atoms with Crippen LogP contribution in [0.15, 0.2) is 0 Å². The van der Waals surface area contributed by atoms with Crippen molar-refractivity contribution in [2.24, 2.45) is 0 Å². The first-order valence-electron chi connectivity index (χ1n) is 7.39. The highest BCUT2D eigenvalue weighted by molar-refractivity contribution is 5.68. The van der Waals surface area contributed by atoms with Gasteiger partial charge in [-0.3, -0.25) is 0 Å². The molecule has 0 bridgehead atoms. The van der Waals surface area contributed by atoms with Crippen molar-refractivity contribution in [3.63, 3.8) is 0 Å². The summed E-state index contributed by atoms with van der Waals surface area (Å²) in [4.78, 5) is 18.3. The number of hydrogen-bond acceptors (Lipinski definition) is 4. The van der Waals surface area contributed by atoms with E-state index in [-0.39, 0.29) is 6.09 Å². The molecule has 0 aromatic heterocycles. The average molecular weight is 286 g/mol. The Bertz CT molecular complexity index is 259. The van der Waals surface area contributed by atoms with Crippen molar-refractivity contribution in [3.8, 4) is 0 Å². The van der Waals surface area contributed by atoms with E-state index in [2.05, 4.69) is 9.80 Å². The lowest BCUT2D eigenvalue weighted by Gasteiger charge is -2.28. The van der Waals surface area contributed by atoms with Crippen LogP contribution in [0.4, 0.5) is 4.79 Å². The molecule has 0 atom stereocenters. The van der Waals surface area contributed by atoms with Crippen LogP contribution < -0.4 is 0 Å². The van der Waals surface area contributed by atoms with Crippen LogP contribution in [0.3, 0.4) is 0 Å². The van der Waals surface area contributed by atoms with Crippen molar-refractivity contribution in [3.05, 3.63) is 0 Å². The van der Waals surface area contributed by atoms with Crippen molar-refractivity contribution in [1.29, 1.82) is 0 Å². The van der Waals surface area contributed by atoms with Gasteiger partial charge in [-0.15, -0.1) is 0 Å². The van der Waals surface area contributed by atoms with Gasteiger partial charge in [0.05, 0.1) is 0 Å². The SMILES string of the molecule is CN(C)CCCN(CCCN(C)C)C(=[15O])OC(C)(C)C. The first-order valence-corrected chi connectivity index (χ1v) is 7.39. The van der Waals surface area contributed by atoms with Crippen molar-refractivity contribution >= 4 is 6.09 Å². The van der Waals surface area contributed by atoms with Crippen LogP contribution in [0.25, 0.3) is 0 Å². The normalized spacial score (nSPS) is 12.1. The predicted octanol–water partition coefficient (Wildman–Crippen LogP) is 2.13. The number of ether oxygens (including phenoxy) is 1. The molecule has 1 amide bonds. The van der Waals surface area contributed by atoms with E-state index in [0.29, 0.717) is 0 Å². The number of nitrogens with zero attached hydrogens (tertiary/aromatic N) is 3. The molecule has 5 nitrogen and oxygen atoms in total. The van der Waals surface area contributed by atoms with Crippen LogP contribution in [-0.4, -0.2) is 80.8 Å². The second kappa shape index (κ2) is 9.19. The molecular formula is C15H33N3O2. The quantitative estimate of drug-likeness (QED) is 0.685. The monoisotopic (exact) mass is 286 g/mol. The Kier molecular flexibility index (Phi) is 8.81. The Morgan fingerprint density at radius 2 is 1.25 bits per heavy atom. The first kappa shape index (κ1) is 19.2. The van der Waals surface area contributed by atoms with Gasteiger partial charge in [0.2, 0.25) is 0 Å². The number of carbonyl (C=O) groups excluding carboxylic acids is 1. The molecule has 0 rings (SSSR count). The van der Waals surface area contributed by atoms with Gasteiger partial charge in [0.1, 0.15) is 5.60 Å². The van der Waals surface area contributed by atoms with E-state index in [9.17, 15) is 4.79 Å². The third-order valence-corrected chi connectivity index (χ3v) is 2.72. The molecule has 0 spiro atoms. The van der Waals surface area contributed by atoms with E-state index in [1.54, 1.807) is 0 Å². The molecule has 0 aromatic rings.